The first kappa shape index (κ1) is 20.7. The molecule has 0 bridgehead atoms. The standard InChI is InChI=1S/C23H24N2O6/c1-15-4-6-16(7-5-15)22(28)24-13-21(27)29-14-20(26)25-17-8-9-18-19(12-17)31-23(30-18)10-2-3-11-23/h4-9,12H,2-3,10-11,13-14H2,1H3,(H,24,28)(H,25,26). The maximum Gasteiger partial charge on any atom is 0.325 e. The third-order valence-electron chi connectivity index (χ3n) is 5.26. The SMILES string of the molecule is Cc1ccc(C(=O)NCC(=O)OCC(=O)Nc2ccc3c(c2)OC2(CCCC2)O3)cc1. The first-order valence-corrected chi connectivity index (χ1v) is 10.2. The van der Waals surface area contributed by atoms with Crippen molar-refractivity contribution >= 4 is 23.5 Å². The summed E-state index contributed by atoms with van der Waals surface area (Å²) in [4.78, 5) is 35.9. The Balaban J connectivity index is 1.21. The van der Waals surface area contributed by atoms with E-state index in [0.29, 0.717) is 22.7 Å². The average molecular weight is 424 g/mol. The normalized spacial score (nSPS) is 15.5. The number of hydrogen-bond acceptors (Lipinski definition) is 6. The van der Waals surface area contributed by atoms with Gasteiger partial charge in [0.15, 0.2) is 18.1 Å². The van der Waals surface area contributed by atoms with E-state index in [1.165, 1.54) is 0 Å². The van der Waals surface area contributed by atoms with Crippen LogP contribution in [0.1, 0.15) is 41.6 Å². The van der Waals surface area contributed by atoms with Gasteiger partial charge in [-0.1, -0.05) is 17.7 Å². The minimum atomic E-state index is -0.704. The van der Waals surface area contributed by atoms with E-state index in [1.54, 1.807) is 42.5 Å². The zero-order chi connectivity index (χ0) is 21.8. The van der Waals surface area contributed by atoms with Crippen LogP contribution < -0.4 is 20.1 Å². The van der Waals surface area contributed by atoms with E-state index in [-0.39, 0.29) is 12.5 Å². The Morgan fingerprint density at radius 3 is 2.45 bits per heavy atom. The highest BCUT2D eigenvalue weighted by Crippen LogP contribution is 2.47. The molecule has 1 aliphatic carbocycles. The summed E-state index contributed by atoms with van der Waals surface area (Å²) in [5.74, 6) is -0.895. The van der Waals surface area contributed by atoms with E-state index in [0.717, 1.165) is 31.2 Å². The summed E-state index contributed by atoms with van der Waals surface area (Å²) in [7, 11) is 0. The minimum Gasteiger partial charge on any atom is -0.454 e. The van der Waals surface area contributed by atoms with Gasteiger partial charge >= 0.3 is 5.97 Å². The Kier molecular flexibility index (Phi) is 5.79. The van der Waals surface area contributed by atoms with Gasteiger partial charge in [0, 0.05) is 30.2 Å². The first-order chi connectivity index (χ1) is 14.9. The molecule has 2 N–H and O–H groups in total. The van der Waals surface area contributed by atoms with Crippen LogP contribution in [0.3, 0.4) is 0 Å². The lowest BCUT2D eigenvalue weighted by molar-refractivity contribution is -0.146. The van der Waals surface area contributed by atoms with Gasteiger partial charge in [0.1, 0.15) is 6.54 Å². The minimum absolute atomic E-state index is 0.327. The third kappa shape index (κ3) is 4.96. The fraction of sp³-hybridized carbons (Fsp3) is 0.348. The van der Waals surface area contributed by atoms with Crippen molar-refractivity contribution in [3.05, 3.63) is 53.6 Å². The van der Waals surface area contributed by atoms with Crippen LogP contribution in [-0.2, 0) is 14.3 Å². The molecule has 0 atom stereocenters. The maximum atomic E-state index is 12.1. The highest BCUT2D eigenvalue weighted by atomic mass is 16.7. The monoisotopic (exact) mass is 424 g/mol. The highest BCUT2D eigenvalue weighted by molar-refractivity contribution is 5.96. The Hall–Kier alpha value is -3.55. The quantitative estimate of drug-likeness (QED) is 0.691. The molecule has 162 valence electrons. The molecule has 1 fully saturated rings. The van der Waals surface area contributed by atoms with E-state index in [2.05, 4.69) is 10.6 Å². The molecule has 1 spiro atoms. The second-order valence-corrected chi connectivity index (χ2v) is 7.74. The largest absolute Gasteiger partial charge is 0.454 e. The van der Waals surface area contributed by atoms with Crippen molar-refractivity contribution in [3.8, 4) is 11.5 Å². The lowest BCUT2D eigenvalue weighted by Crippen LogP contribution is -2.34. The number of ether oxygens (including phenoxy) is 3. The van der Waals surface area contributed by atoms with Gasteiger partial charge in [-0.15, -0.1) is 0 Å². The molecule has 8 heteroatoms. The van der Waals surface area contributed by atoms with Crippen LogP contribution in [0.25, 0.3) is 0 Å². The number of esters is 1. The molecule has 2 amide bonds. The Bertz CT molecular complexity index is 996. The van der Waals surface area contributed by atoms with Crippen LogP contribution in [0.15, 0.2) is 42.5 Å². The molecule has 1 aliphatic heterocycles. The molecule has 8 nitrogen and oxygen atoms in total. The van der Waals surface area contributed by atoms with Crippen molar-refractivity contribution in [3.63, 3.8) is 0 Å². The van der Waals surface area contributed by atoms with Gasteiger partial charge in [0.25, 0.3) is 17.6 Å². The van der Waals surface area contributed by atoms with Gasteiger partial charge in [0.05, 0.1) is 0 Å². The van der Waals surface area contributed by atoms with Gasteiger partial charge in [-0.05, 0) is 44.0 Å². The molecule has 2 aromatic carbocycles. The third-order valence-corrected chi connectivity index (χ3v) is 5.26. The molecule has 0 aromatic heterocycles. The van der Waals surface area contributed by atoms with Crippen molar-refractivity contribution in [1.82, 2.24) is 5.32 Å². The maximum absolute atomic E-state index is 12.1. The number of rotatable bonds is 6. The summed E-state index contributed by atoms with van der Waals surface area (Å²) in [6.45, 7) is 1.13. The smallest absolute Gasteiger partial charge is 0.325 e. The molecular weight excluding hydrogens is 400 g/mol. The molecule has 31 heavy (non-hydrogen) atoms. The summed E-state index contributed by atoms with van der Waals surface area (Å²) in [6, 6.07) is 12.1. The Morgan fingerprint density at radius 2 is 1.71 bits per heavy atom. The second-order valence-electron chi connectivity index (χ2n) is 7.74. The number of anilines is 1. The van der Waals surface area contributed by atoms with E-state index in [1.807, 2.05) is 6.92 Å². The van der Waals surface area contributed by atoms with E-state index >= 15 is 0 Å². The summed E-state index contributed by atoms with van der Waals surface area (Å²) in [5.41, 5.74) is 1.99. The van der Waals surface area contributed by atoms with Gasteiger partial charge in [-0.2, -0.15) is 0 Å². The topological polar surface area (TPSA) is 103 Å². The number of amides is 2. The van der Waals surface area contributed by atoms with Gasteiger partial charge in [-0.25, -0.2) is 0 Å². The number of carbonyl (C=O) groups is 3. The molecular formula is C23H24N2O6. The fourth-order valence-corrected chi connectivity index (χ4v) is 3.64. The van der Waals surface area contributed by atoms with Crippen LogP contribution in [-0.4, -0.2) is 36.7 Å². The Labute approximate surface area is 179 Å². The average Bonchev–Trinajstić information content (AvgIpc) is 3.36. The summed E-state index contributed by atoms with van der Waals surface area (Å²) >= 11 is 0. The van der Waals surface area contributed by atoms with Crippen LogP contribution in [0.4, 0.5) is 5.69 Å². The second kappa shape index (κ2) is 8.67. The molecule has 1 heterocycles. The molecule has 0 saturated heterocycles. The number of aryl methyl sites for hydroxylation is 1. The van der Waals surface area contributed by atoms with Crippen molar-refractivity contribution < 1.29 is 28.6 Å². The van der Waals surface area contributed by atoms with E-state index < -0.39 is 24.3 Å². The number of benzene rings is 2. The van der Waals surface area contributed by atoms with Crippen molar-refractivity contribution in [1.29, 1.82) is 0 Å². The fourth-order valence-electron chi connectivity index (χ4n) is 3.64. The van der Waals surface area contributed by atoms with Crippen LogP contribution >= 0.6 is 0 Å². The van der Waals surface area contributed by atoms with Crippen molar-refractivity contribution in [2.75, 3.05) is 18.5 Å². The number of nitrogens with one attached hydrogen (secondary N) is 2. The van der Waals surface area contributed by atoms with Crippen LogP contribution in [0, 0.1) is 6.92 Å². The zero-order valence-electron chi connectivity index (χ0n) is 17.2. The van der Waals surface area contributed by atoms with E-state index in [9.17, 15) is 14.4 Å². The lowest BCUT2D eigenvalue weighted by Gasteiger charge is -2.21. The molecule has 2 aliphatic rings. The lowest BCUT2D eigenvalue weighted by atomic mass is 10.1. The molecule has 4 rings (SSSR count). The number of carbonyl (C=O) groups excluding carboxylic acids is 3. The van der Waals surface area contributed by atoms with E-state index in [4.69, 9.17) is 14.2 Å². The number of fused-ring (bicyclic) bond motifs is 1. The van der Waals surface area contributed by atoms with Gasteiger partial charge in [0.2, 0.25) is 0 Å². The van der Waals surface area contributed by atoms with Crippen molar-refractivity contribution in [2.24, 2.45) is 0 Å². The van der Waals surface area contributed by atoms with Crippen LogP contribution in [0.5, 0.6) is 11.5 Å². The van der Waals surface area contributed by atoms with Crippen LogP contribution in [0.2, 0.25) is 0 Å². The molecule has 2 aromatic rings. The summed E-state index contributed by atoms with van der Waals surface area (Å²) in [5, 5.41) is 5.13. The molecule has 1 saturated carbocycles. The molecule has 0 unspecified atom stereocenters. The number of hydrogen-bond donors (Lipinski definition) is 2. The van der Waals surface area contributed by atoms with Gasteiger partial charge in [-0.3, -0.25) is 14.4 Å². The predicted molar refractivity (Wildman–Crippen MR) is 112 cm³/mol. The highest BCUT2D eigenvalue weighted by Gasteiger charge is 2.44. The summed E-state index contributed by atoms with van der Waals surface area (Å²) in [6.07, 6.45) is 3.82. The zero-order valence-corrected chi connectivity index (χ0v) is 17.2. The predicted octanol–water partition coefficient (Wildman–Crippen LogP) is 2.95. The van der Waals surface area contributed by atoms with Crippen molar-refractivity contribution in [2.45, 2.75) is 38.4 Å². The molecule has 0 radical (unpaired) electrons. The Morgan fingerprint density at radius 1 is 1.00 bits per heavy atom. The van der Waals surface area contributed by atoms with Gasteiger partial charge < -0.3 is 24.8 Å². The summed E-state index contributed by atoms with van der Waals surface area (Å²) < 4.78 is 16.8. The first-order valence-electron chi connectivity index (χ1n) is 10.2.